The molecular weight excluding hydrogens is 396 g/mol. The van der Waals surface area contributed by atoms with E-state index in [0.717, 1.165) is 22.3 Å². The number of amides is 2. The molecule has 0 unspecified atom stereocenters. The number of alkyl carbamates (subject to hydrolysis) is 1. The van der Waals surface area contributed by atoms with Gasteiger partial charge in [-0.1, -0.05) is 48.5 Å². The van der Waals surface area contributed by atoms with Crippen molar-refractivity contribution in [2.45, 2.75) is 38.1 Å². The first-order valence-corrected chi connectivity index (χ1v) is 10.5. The summed E-state index contributed by atoms with van der Waals surface area (Å²) in [5.74, 6) is -1.21. The van der Waals surface area contributed by atoms with E-state index in [1.807, 2.05) is 24.3 Å². The van der Waals surface area contributed by atoms with Crippen LogP contribution in [-0.4, -0.2) is 42.3 Å². The van der Waals surface area contributed by atoms with Crippen LogP contribution in [0, 0.1) is 5.41 Å². The Labute approximate surface area is 180 Å². The minimum atomic E-state index is -0.964. The second-order valence-electron chi connectivity index (χ2n) is 8.43. The van der Waals surface area contributed by atoms with Crippen molar-refractivity contribution >= 4 is 18.0 Å². The fourth-order valence-electron chi connectivity index (χ4n) is 4.22. The van der Waals surface area contributed by atoms with Gasteiger partial charge in [0.15, 0.2) is 0 Å². The zero-order valence-electron chi connectivity index (χ0n) is 17.4. The highest BCUT2D eigenvalue weighted by atomic mass is 16.5. The Balaban J connectivity index is 1.31. The van der Waals surface area contributed by atoms with Crippen molar-refractivity contribution in [2.75, 3.05) is 13.2 Å². The van der Waals surface area contributed by atoms with Gasteiger partial charge < -0.3 is 20.5 Å². The highest BCUT2D eigenvalue weighted by Gasteiger charge is 2.50. The first kappa shape index (κ1) is 20.9. The summed E-state index contributed by atoms with van der Waals surface area (Å²) in [6.07, 6.45) is 0.617. The number of benzene rings is 2. The molecule has 1 atom stereocenters. The van der Waals surface area contributed by atoms with Crippen LogP contribution >= 0.6 is 0 Å². The highest BCUT2D eigenvalue weighted by Crippen LogP contribution is 2.46. The van der Waals surface area contributed by atoms with Crippen molar-refractivity contribution in [1.29, 1.82) is 0 Å². The second kappa shape index (κ2) is 8.41. The normalized spacial score (nSPS) is 16.5. The van der Waals surface area contributed by atoms with Gasteiger partial charge >= 0.3 is 12.1 Å². The fraction of sp³-hybridized carbons (Fsp3) is 0.375. The van der Waals surface area contributed by atoms with E-state index in [1.165, 1.54) is 0 Å². The summed E-state index contributed by atoms with van der Waals surface area (Å²) in [7, 11) is 0. The summed E-state index contributed by atoms with van der Waals surface area (Å²) >= 11 is 0. The molecule has 2 aliphatic carbocycles. The monoisotopic (exact) mass is 422 g/mol. The van der Waals surface area contributed by atoms with Gasteiger partial charge in [0.2, 0.25) is 5.91 Å². The Morgan fingerprint density at radius 3 is 2.19 bits per heavy atom. The molecule has 0 spiro atoms. The molecule has 31 heavy (non-hydrogen) atoms. The number of carboxylic acids is 1. The lowest BCUT2D eigenvalue weighted by atomic mass is 9.98. The van der Waals surface area contributed by atoms with Gasteiger partial charge in [-0.25, -0.2) is 4.79 Å². The Morgan fingerprint density at radius 1 is 1.06 bits per heavy atom. The van der Waals surface area contributed by atoms with E-state index >= 15 is 0 Å². The molecule has 0 saturated heterocycles. The minimum absolute atomic E-state index is 0.0202. The van der Waals surface area contributed by atoms with Crippen molar-refractivity contribution in [3.8, 4) is 11.1 Å². The molecule has 3 N–H and O–H groups in total. The smallest absolute Gasteiger partial charge is 0.407 e. The van der Waals surface area contributed by atoms with Crippen LogP contribution in [0.15, 0.2) is 48.5 Å². The van der Waals surface area contributed by atoms with Gasteiger partial charge in [0.25, 0.3) is 0 Å². The summed E-state index contributed by atoms with van der Waals surface area (Å²) in [6.45, 7) is 2.05. The van der Waals surface area contributed by atoms with Gasteiger partial charge in [-0.3, -0.25) is 9.59 Å². The third kappa shape index (κ3) is 4.40. The van der Waals surface area contributed by atoms with Crippen molar-refractivity contribution in [3.05, 3.63) is 59.7 Å². The molecule has 162 valence electrons. The van der Waals surface area contributed by atoms with E-state index in [-0.39, 0.29) is 31.4 Å². The number of carbonyl (C=O) groups is 3. The summed E-state index contributed by atoms with van der Waals surface area (Å²) in [6, 6.07) is 15.8. The second-order valence-corrected chi connectivity index (χ2v) is 8.43. The Morgan fingerprint density at radius 2 is 1.65 bits per heavy atom. The number of carboxylic acid groups (broad SMARTS) is 1. The van der Waals surface area contributed by atoms with Gasteiger partial charge in [0.05, 0.1) is 11.8 Å². The number of aliphatic carboxylic acids is 1. The zero-order valence-corrected chi connectivity index (χ0v) is 17.4. The molecule has 0 aliphatic heterocycles. The van der Waals surface area contributed by atoms with Crippen LogP contribution in [0.25, 0.3) is 11.1 Å². The van der Waals surface area contributed by atoms with Gasteiger partial charge in [0.1, 0.15) is 6.61 Å². The Bertz CT molecular complexity index is 969. The summed E-state index contributed by atoms with van der Waals surface area (Å²) in [4.78, 5) is 35.6. The van der Waals surface area contributed by atoms with Gasteiger partial charge in [-0.15, -0.1) is 0 Å². The minimum Gasteiger partial charge on any atom is -0.481 e. The molecule has 2 aliphatic rings. The van der Waals surface area contributed by atoms with E-state index in [0.29, 0.717) is 12.8 Å². The predicted molar refractivity (Wildman–Crippen MR) is 115 cm³/mol. The van der Waals surface area contributed by atoms with E-state index in [2.05, 4.69) is 34.9 Å². The molecular formula is C24H26N2O5. The average Bonchev–Trinajstić information content (AvgIpc) is 3.47. The molecule has 1 fully saturated rings. The Kier molecular flexibility index (Phi) is 5.67. The largest absolute Gasteiger partial charge is 0.481 e. The third-order valence-corrected chi connectivity index (χ3v) is 6.11. The molecule has 0 bridgehead atoms. The van der Waals surface area contributed by atoms with E-state index in [4.69, 9.17) is 9.84 Å². The van der Waals surface area contributed by atoms with Crippen molar-refractivity contribution in [3.63, 3.8) is 0 Å². The summed E-state index contributed by atoms with van der Waals surface area (Å²) < 4.78 is 5.52. The lowest BCUT2D eigenvalue weighted by molar-refractivity contribution is -0.137. The van der Waals surface area contributed by atoms with Crippen LogP contribution in [0.4, 0.5) is 4.79 Å². The average molecular weight is 422 g/mol. The molecule has 1 saturated carbocycles. The zero-order chi connectivity index (χ0) is 22.0. The van der Waals surface area contributed by atoms with Crippen LogP contribution < -0.4 is 10.6 Å². The van der Waals surface area contributed by atoms with Crippen LogP contribution in [0.5, 0.6) is 0 Å². The molecule has 0 aromatic heterocycles. The van der Waals surface area contributed by atoms with Gasteiger partial charge in [-0.05, 0) is 42.0 Å². The lowest BCUT2D eigenvalue weighted by Gasteiger charge is -2.19. The first-order chi connectivity index (χ1) is 14.9. The third-order valence-electron chi connectivity index (χ3n) is 6.11. The summed E-state index contributed by atoms with van der Waals surface area (Å²) in [5.41, 5.74) is 3.94. The Hall–Kier alpha value is -3.35. The molecule has 2 aromatic rings. The molecule has 0 radical (unpaired) electrons. The molecule has 2 aromatic carbocycles. The van der Waals surface area contributed by atoms with E-state index in [1.54, 1.807) is 6.92 Å². The van der Waals surface area contributed by atoms with Crippen LogP contribution in [0.3, 0.4) is 0 Å². The highest BCUT2D eigenvalue weighted by molar-refractivity contribution is 5.87. The molecule has 0 heterocycles. The van der Waals surface area contributed by atoms with Crippen LogP contribution in [-0.2, 0) is 14.3 Å². The van der Waals surface area contributed by atoms with Gasteiger partial charge in [0, 0.05) is 18.5 Å². The number of hydrogen-bond donors (Lipinski definition) is 3. The lowest BCUT2D eigenvalue weighted by Crippen LogP contribution is -2.44. The number of nitrogens with one attached hydrogen (secondary N) is 2. The molecule has 7 nitrogen and oxygen atoms in total. The number of fused-ring (bicyclic) bond motifs is 3. The first-order valence-electron chi connectivity index (χ1n) is 10.5. The van der Waals surface area contributed by atoms with E-state index in [9.17, 15) is 14.4 Å². The predicted octanol–water partition coefficient (Wildman–Crippen LogP) is 3.28. The van der Waals surface area contributed by atoms with Crippen LogP contribution in [0.1, 0.15) is 43.2 Å². The standard InChI is InChI=1S/C24H26N2O5/c1-15(12-21(27)28)26-22(29)24(10-11-24)14-25-23(30)31-13-20-18-8-4-2-6-16(18)17-7-3-5-9-19(17)20/h2-9,15,20H,10-14H2,1H3,(H,25,30)(H,26,29)(H,27,28)/t15-/m1/s1. The quantitative estimate of drug-likeness (QED) is 0.606. The number of ether oxygens (including phenoxy) is 1. The van der Waals surface area contributed by atoms with E-state index < -0.39 is 23.5 Å². The topological polar surface area (TPSA) is 105 Å². The van der Waals surface area contributed by atoms with Crippen molar-refractivity contribution in [1.82, 2.24) is 10.6 Å². The molecule has 4 rings (SSSR count). The maximum absolute atomic E-state index is 12.5. The molecule has 2 amide bonds. The van der Waals surface area contributed by atoms with Crippen molar-refractivity contribution < 1.29 is 24.2 Å². The van der Waals surface area contributed by atoms with Crippen LogP contribution in [0.2, 0.25) is 0 Å². The number of hydrogen-bond acceptors (Lipinski definition) is 4. The van der Waals surface area contributed by atoms with Gasteiger partial charge in [-0.2, -0.15) is 0 Å². The SMILES string of the molecule is C[C@H](CC(=O)O)NC(=O)C1(CNC(=O)OCC2c3ccccc3-c3ccccc32)CC1. The van der Waals surface area contributed by atoms with Crippen molar-refractivity contribution in [2.24, 2.45) is 5.41 Å². The molecule has 7 heteroatoms. The maximum Gasteiger partial charge on any atom is 0.407 e. The number of carbonyl (C=O) groups excluding carboxylic acids is 2. The summed E-state index contributed by atoms with van der Waals surface area (Å²) in [5, 5.41) is 14.3. The number of rotatable bonds is 8. The fourth-order valence-corrected chi connectivity index (χ4v) is 4.22. The maximum atomic E-state index is 12.5.